The van der Waals surface area contributed by atoms with Crippen molar-refractivity contribution in [1.29, 1.82) is 0 Å². The van der Waals surface area contributed by atoms with E-state index in [9.17, 15) is 9.59 Å². The number of anilines is 1. The Morgan fingerprint density at radius 2 is 1.94 bits per heavy atom. The number of urea groups is 1. The smallest absolute Gasteiger partial charge is 0.321 e. The van der Waals surface area contributed by atoms with Crippen molar-refractivity contribution in [3.8, 4) is 0 Å². The summed E-state index contributed by atoms with van der Waals surface area (Å²) in [6.07, 6.45) is -0.0568. The van der Waals surface area contributed by atoms with Gasteiger partial charge in [-0.2, -0.15) is 0 Å². The van der Waals surface area contributed by atoms with Gasteiger partial charge in [0.25, 0.3) is 0 Å². The molecule has 0 aliphatic heterocycles. The van der Waals surface area contributed by atoms with Crippen LogP contribution in [0.2, 0.25) is 0 Å². The second kappa shape index (κ2) is 5.75. The van der Waals surface area contributed by atoms with E-state index < -0.39 is 5.97 Å². The van der Waals surface area contributed by atoms with Gasteiger partial charge in [-0.1, -0.05) is 18.2 Å². The van der Waals surface area contributed by atoms with E-state index in [0.29, 0.717) is 5.69 Å². The SMILES string of the molecule is CN(CCC(=O)O)C(=O)Nc1ccccc1. The van der Waals surface area contributed by atoms with E-state index >= 15 is 0 Å². The van der Waals surface area contributed by atoms with Crippen molar-refractivity contribution in [3.05, 3.63) is 30.3 Å². The number of hydrogen-bond acceptors (Lipinski definition) is 2. The molecule has 0 fully saturated rings. The van der Waals surface area contributed by atoms with Crippen LogP contribution in [0.4, 0.5) is 10.5 Å². The largest absolute Gasteiger partial charge is 0.481 e. The first kappa shape index (κ1) is 12.0. The monoisotopic (exact) mass is 222 g/mol. The summed E-state index contributed by atoms with van der Waals surface area (Å²) in [6.45, 7) is 0.188. The van der Waals surface area contributed by atoms with Gasteiger partial charge in [0.2, 0.25) is 0 Å². The number of carboxylic acid groups (broad SMARTS) is 1. The van der Waals surface area contributed by atoms with E-state index in [1.165, 1.54) is 4.90 Å². The quantitative estimate of drug-likeness (QED) is 0.813. The Labute approximate surface area is 93.7 Å². The number of benzene rings is 1. The Hall–Kier alpha value is -2.04. The van der Waals surface area contributed by atoms with Crippen molar-refractivity contribution in [1.82, 2.24) is 4.90 Å². The number of para-hydroxylation sites is 1. The summed E-state index contributed by atoms with van der Waals surface area (Å²) in [5, 5.41) is 11.1. The molecule has 0 aliphatic carbocycles. The van der Waals surface area contributed by atoms with E-state index in [1.807, 2.05) is 18.2 Å². The van der Waals surface area contributed by atoms with Gasteiger partial charge in [-0.25, -0.2) is 4.79 Å². The molecular formula is C11H14N2O3. The summed E-state index contributed by atoms with van der Waals surface area (Å²) in [4.78, 5) is 23.2. The third-order valence-electron chi connectivity index (χ3n) is 2.03. The summed E-state index contributed by atoms with van der Waals surface area (Å²) in [6, 6.07) is 8.70. The van der Waals surface area contributed by atoms with Crippen LogP contribution in [-0.4, -0.2) is 35.6 Å². The summed E-state index contributed by atoms with van der Waals surface area (Å²) < 4.78 is 0. The number of aliphatic carboxylic acids is 1. The van der Waals surface area contributed by atoms with Crippen molar-refractivity contribution in [3.63, 3.8) is 0 Å². The molecule has 1 rings (SSSR count). The van der Waals surface area contributed by atoms with Crippen LogP contribution in [0.5, 0.6) is 0 Å². The third-order valence-corrected chi connectivity index (χ3v) is 2.03. The zero-order valence-electron chi connectivity index (χ0n) is 9.01. The number of nitrogens with zero attached hydrogens (tertiary/aromatic N) is 1. The van der Waals surface area contributed by atoms with Gasteiger partial charge in [-0.15, -0.1) is 0 Å². The molecule has 0 heterocycles. The van der Waals surface area contributed by atoms with E-state index in [0.717, 1.165) is 0 Å². The molecule has 0 aliphatic rings. The van der Waals surface area contributed by atoms with Crippen LogP contribution in [0.25, 0.3) is 0 Å². The maximum absolute atomic E-state index is 11.5. The Kier molecular flexibility index (Phi) is 4.32. The number of carbonyl (C=O) groups is 2. The number of hydrogen-bond donors (Lipinski definition) is 2. The Balaban J connectivity index is 2.43. The lowest BCUT2D eigenvalue weighted by Crippen LogP contribution is -2.33. The lowest BCUT2D eigenvalue weighted by Gasteiger charge is -2.16. The Morgan fingerprint density at radius 1 is 1.31 bits per heavy atom. The molecule has 2 amide bonds. The summed E-state index contributed by atoms with van der Waals surface area (Å²) in [7, 11) is 1.56. The fourth-order valence-electron chi connectivity index (χ4n) is 1.11. The first-order valence-electron chi connectivity index (χ1n) is 4.88. The van der Waals surface area contributed by atoms with Gasteiger partial charge in [-0.3, -0.25) is 4.79 Å². The average molecular weight is 222 g/mol. The summed E-state index contributed by atoms with van der Waals surface area (Å²) in [5.74, 6) is -0.917. The second-order valence-corrected chi connectivity index (χ2v) is 3.36. The van der Waals surface area contributed by atoms with Crippen molar-refractivity contribution in [2.45, 2.75) is 6.42 Å². The van der Waals surface area contributed by atoms with Crippen molar-refractivity contribution in [2.75, 3.05) is 18.9 Å². The lowest BCUT2D eigenvalue weighted by atomic mass is 10.3. The zero-order valence-corrected chi connectivity index (χ0v) is 9.01. The van der Waals surface area contributed by atoms with Gasteiger partial charge < -0.3 is 15.3 Å². The lowest BCUT2D eigenvalue weighted by molar-refractivity contribution is -0.137. The highest BCUT2D eigenvalue weighted by atomic mass is 16.4. The molecule has 16 heavy (non-hydrogen) atoms. The topological polar surface area (TPSA) is 69.6 Å². The molecule has 5 nitrogen and oxygen atoms in total. The van der Waals surface area contributed by atoms with E-state index in [2.05, 4.69) is 5.32 Å². The van der Waals surface area contributed by atoms with Crippen LogP contribution in [-0.2, 0) is 4.79 Å². The highest BCUT2D eigenvalue weighted by Crippen LogP contribution is 2.05. The van der Waals surface area contributed by atoms with E-state index in [1.54, 1.807) is 19.2 Å². The molecule has 0 spiro atoms. The van der Waals surface area contributed by atoms with E-state index in [4.69, 9.17) is 5.11 Å². The highest BCUT2D eigenvalue weighted by molar-refractivity contribution is 5.89. The molecule has 0 atom stereocenters. The van der Waals surface area contributed by atoms with Gasteiger partial charge >= 0.3 is 12.0 Å². The standard InChI is InChI=1S/C11H14N2O3/c1-13(8-7-10(14)15)11(16)12-9-5-3-2-4-6-9/h2-6H,7-8H2,1H3,(H,12,16)(H,14,15). The molecule has 0 aromatic heterocycles. The molecule has 86 valence electrons. The van der Waals surface area contributed by atoms with Gasteiger partial charge in [0.05, 0.1) is 6.42 Å². The van der Waals surface area contributed by atoms with Crippen molar-refractivity contribution >= 4 is 17.7 Å². The summed E-state index contributed by atoms with van der Waals surface area (Å²) >= 11 is 0. The molecule has 0 bridgehead atoms. The van der Waals surface area contributed by atoms with Gasteiger partial charge in [0.15, 0.2) is 0 Å². The Bertz CT molecular complexity index is 365. The van der Waals surface area contributed by atoms with Crippen LogP contribution in [0.1, 0.15) is 6.42 Å². The van der Waals surface area contributed by atoms with Gasteiger partial charge in [0, 0.05) is 19.3 Å². The maximum atomic E-state index is 11.5. The molecule has 1 aromatic rings. The Morgan fingerprint density at radius 3 is 2.50 bits per heavy atom. The number of carboxylic acids is 1. The predicted octanol–water partition coefficient (Wildman–Crippen LogP) is 1.62. The normalized spacial score (nSPS) is 9.56. The van der Waals surface area contributed by atoms with Crippen LogP contribution in [0.15, 0.2) is 30.3 Å². The van der Waals surface area contributed by atoms with Crippen LogP contribution >= 0.6 is 0 Å². The first-order valence-corrected chi connectivity index (χ1v) is 4.88. The van der Waals surface area contributed by atoms with Crippen LogP contribution in [0.3, 0.4) is 0 Å². The molecule has 2 N–H and O–H groups in total. The fourth-order valence-corrected chi connectivity index (χ4v) is 1.11. The van der Waals surface area contributed by atoms with Crippen molar-refractivity contribution in [2.24, 2.45) is 0 Å². The van der Waals surface area contributed by atoms with Gasteiger partial charge in [-0.05, 0) is 12.1 Å². The first-order chi connectivity index (χ1) is 7.59. The molecule has 0 radical (unpaired) electrons. The molecule has 0 unspecified atom stereocenters. The minimum Gasteiger partial charge on any atom is -0.481 e. The van der Waals surface area contributed by atoms with Crippen LogP contribution in [0, 0.1) is 0 Å². The number of rotatable bonds is 4. The predicted molar refractivity (Wildman–Crippen MR) is 60.3 cm³/mol. The van der Waals surface area contributed by atoms with Crippen LogP contribution < -0.4 is 5.32 Å². The minimum absolute atomic E-state index is 0.0568. The average Bonchev–Trinajstić information content (AvgIpc) is 2.27. The zero-order chi connectivity index (χ0) is 12.0. The number of amides is 2. The summed E-state index contributed by atoms with van der Waals surface area (Å²) in [5.41, 5.74) is 0.690. The molecular weight excluding hydrogens is 208 g/mol. The molecule has 0 saturated heterocycles. The molecule has 5 heteroatoms. The molecule has 1 aromatic carbocycles. The minimum atomic E-state index is -0.917. The highest BCUT2D eigenvalue weighted by Gasteiger charge is 2.09. The number of carbonyl (C=O) groups excluding carboxylic acids is 1. The fraction of sp³-hybridized carbons (Fsp3) is 0.273. The molecule has 0 saturated carbocycles. The number of nitrogens with one attached hydrogen (secondary N) is 1. The maximum Gasteiger partial charge on any atom is 0.321 e. The van der Waals surface area contributed by atoms with E-state index in [-0.39, 0.29) is 19.0 Å². The second-order valence-electron chi connectivity index (χ2n) is 3.36. The third kappa shape index (κ3) is 4.00. The van der Waals surface area contributed by atoms with Gasteiger partial charge in [0.1, 0.15) is 0 Å². The van der Waals surface area contributed by atoms with Crippen molar-refractivity contribution < 1.29 is 14.7 Å².